The van der Waals surface area contributed by atoms with Crippen molar-refractivity contribution in [3.63, 3.8) is 0 Å². The molecule has 1 fully saturated rings. The second-order valence-corrected chi connectivity index (χ2v) is 6.63. The fourth-order valence-corrected chi connectivity index (χ4v) is 3.72. The number of pyridine rings is 1. The Morgan fingerprint density at radius 2 is 2.28 bits per heavy atom. The molecule has 2 rings (SSSR count). The van der Waals surface area contributed by atoms with Crippen LogP contribution in [0.2, 0.25) is 0 Å². The quantitative estimate of drug-likeness (QED) is 0.838. The summed E-state index contributed by atoms with van der Waals surface area (Å²) < 4.78 is 23.2. The van der Waals surface area contributed by atoms with Crippen molar-refractivity contribution >= 4 is 21.6 Å². The molecule has 1 atom stereocenters. The summed E-state index contributed by atoms with van der Waals surface area (Å²) in [6, 6.07) is 4.58. The molecular formula is C11H14N2O4S. The van der Waals surface area contributed by atoms with Gasteiger partial charge in [0.25, 0.3) is 0 Å². The monoisotopic (exact) mass is 270 g/mol. The van der Waals surface area contributed by atoms with Crippen LogP contribution in [-0.2, 0) is 9.84 Å². The maximum absolute atomic E-state index is 11.6. The van der Waals surface area contributed by atoms with Crippen LogP contribution in [0.15, 0.2) is 18.2 Å². The van der Waals surface area contributed by atoms with Gasteiger partial charge in [0.15, 0.2) is 15.5 Å². The van der Waals surface area contributed by atoms with E-state index in [9.17, 15) is 13.2 Å². The third kappa shape index (κ3) is 2.79. The molecule has 0 aliphatic carbocycles. The van der Waals surface area contributed by atoms with Crippen molar-refractivity contribution in [1.82, 2.24) is 4.98 Å². The first-order valence-electron chi connectivity index (χ1n) is 5.65. The van der Waals surface area contributed by atoms with Gasteiger partial charge in [0.05, 0.1) is 11.0 Å². The van der Waals surface area contributed by atoms with Crippen molar-refractivity contribution in [2.45, 2.75) is 18.1 Å². The summed E-state index contributed by atoms with van der Waals surface area (Å²) in [6.45, 7) is 0.276. The highest BCUT2D eigenvalue weighted by Gasteiger charge is 2.30. The number of nitrogens with zero attached hydrogens (tertiary/aromatic N) is 1. The van der Waals surface area contributed by atoms with Crippen LogP contribution < -0.4 is 5.32 Å². The van der Waals surface area contributed by atoms with Gasteiger partial charge in [0.1, 0.15) is 5.82 Å². The zero-order valence-electron chi connectivity index (χ0n) is 9.67. The number of rotatable bonds is 4. The zero-order valence-corrected chi connectivity index (χ0v) is 10.5. The van der Waals surface area contributed by atoms with E-state index in [1.807, 2.05) is 0 Å². The SMILES string of the molecule is O=C(O)c1cccc(NCC2CCCS2(=O)=O)n1. The predicted octanol–water partition coefficient (Wildman–Crippen LogP) is 0.769. The number of sulfone groups is 1. The van der Waals surface area contributed by atoms with Crippen molar-refractivity contribution in [3.8, 4) is 0 Å². The summed E-state index contributed by atoms with van der Waals surface area (Å²) in [6.07, 6.45) is 1.34. The van der Waals surface area contributed by atoms with E-state index in [2.05, 4.69) is 10.3 Å². The maximum atomic E-state index is 11.6. The minimum absolute atomic E-state index is 0.0609. The first-order valence-corrected chi connectivity index (χ1v) is 7.36. The van der Waals surface area contributed by atoms with Gasteiger partial charge in [-0.15, -0.1) is 0 Å². The van der Waals surface area contributed by atoms with Crippen LogP contribution in [0.25, 0.3) is 0 Å². The average Bonchev–Trinajstić information content (AvgIpc) is 2.66. The summed E-state index contributed by atoms with van der Waals surface area (Å²) in [5.41, 5.74) is -0.0609. The van der Waals surface area contributed by atoms with E-state index in [-0.39, 0.29) is 18.0 Å². The van der Waals surface area contributed by atoms with E-state index < -0.39 is 21.1 Å². The Morgan fingerprint density at radius 1 is 1.50 bits per heavy atom. The molecule has 2 N–H and O–H groups in total. The summed E-state index contributed by atoms with van der Waals surface area (Å²) in [7, 11) is -2.99. The van der Waals surface area contributed by atoms with Gasteiger partial charge in [0.2, 0.25) is 0 Å². The second-order valence-electron chi connectivity index (χ2n) is 4.23. The lowest BCUT2D eigenvalue weighted by Crippen LogP contribution is -2.25. The molecule has 1 aromatic rings. The lowest BCUT2D eigenvalue weighted by molar-refractivity contribution is 0.0690. The number of aromatic nitrogens is 1. The molecule has 0 spiro atoms. The minimum Gasteiger partial charge on any atom is -0.477 e. The van der Waals surface area contributed by atoms with Crippen molar-refractivity contribution in [2.75, 3.05) is 17.6 Å². The highest BCUT2D eigenvalue weighted by molar-refractivity contribution is 7.92. The molecule has 0 amide bonds. The van der Waals surface area contributed by atoms with E-state index in [1.165, 1.54) is 6.07 Å². The smallest absolute Gasteiger partial charge is 0.354 e. The van der Waals surface area contributed by atoms with Crippen molar-refractivity contribution in [1.29, 1.82) is 0 Å². The Hall–Kier alpha value is -1.63. The molecule has 1 saturated heterocycles. The number of nitrogens with one attached hydrogen (secondary N) is 1. The maximum Gasteiger partial charge on any atom is 0.354 e. The molecule has 2 heterocycles. The fourth-order valence-electron chi connectivity index (χ4n) is 1.96. The normalized spacial score (nSPS) is 21.7. The van der Waals surface area contributed by atoms with Gasteiger partial charge < -0.3 is 10.4 Å². The molecule has 6 nitrogen and oxygen atoms in total. The van der Waals surface area contributed by atoms with Crippen LogP contribution in [0.3, 0.4) is 0 Å². The Morgan fingerprint density at radius 3 is 2.89 bits per heavy atom. The molecule has 0 saturated carbocycles. The van der Waals surface area contributed by atoms with Crippen molar-refractivity contribution < 1.29 is 18.3 Å². The van der Waals surface area contributed by atoms with Crippen LogP contribution in [0.1, 0.15) is 23.3 Å². The summed E-state index contributed by atoms with van der Waals surface area (Å²) >= 11 is 0. The van der Waals surface area contributed by atoms with Crippen molar-refractivity contribution in [3.05, 3.63) is 23.9 Å². The number of hydrogen-bond acceptors (Lipinski definition) is 5. The average molecular weight is 270 g/mol. The van der Waals surface area contributed by atoms with Gasteiger partial charge in [-0.3, -0.25) is 0 Å². The predicted molar refractivity (Wildman–Crippen MR) is 66.5 cm³/mol. The molecule has 1 unspecified atom stereocenters. The minimum atomic E-state index is -2.99. The van der Waals surface area contributed by atoms with Crippen LogP contribution >= 0.6 is 0 Å². The van der Waals surface area contributed by atoms with E-state index in [0.717, 1.165) is 0 Å². The lowest BCUT2D eigenvalue weighted by Gasteiger charge is -2.11. The van der Waals surface area contributed by atoms with Gasteiger partial charge in [-0.05, 0) is 25.0 Å². The molecular weight excluding hydrogens is 256 g/mol. The second kappa shape index (κ2) is 4.93. The van der Waals surface area contributed by atoms with Crippen LogP contribution in [-0.4, -0.2) is 42.0 Å². The van der Waals surface area contributed by atoms with Gasteiger partial charge >= 0.3 is 5.97 Å². The fraction of sp³-hybridized carbons (Fsp3) is 0.455. The Balaban J connectivity index is 2.02. The summed E-state index contributed by atoms with van der Waals surface area (Å²) in [5, 5.41) is 11.3. The van der Waals surface area contributed by atoms with Crippen LogP contribution in [0.5, 0.6) is 0 Å². The molecule has 1 aromatic heterocycles. The Labute approximate surface area is 105 Å². The Bertz CT molecular complexity index is 556. The summed E-state index contributed by atoms with van der Waals surface area (Å²) in [4.78, 5) is 14.6. The first kappa shape index (κ1) is 12.8. The number of hydrogen-bond donors (Lipinski definition) is 2. The molecule has 98 valence electrons. The Kier molecular flexibility index (Phi) is 3.51. The molecule has 1 aliphatic rings. The summed E-state index contributed by atoms with van der Waals surface area (Å²) in [5.74, 6) is -0.480. The van der Waals surface area contributed by atoms with Crippen molar-refractivity contribution in [2.24, 2.45) is 0 Å². The lowest BCUT2D eigenvalue weighted by atomic mass is 10.2. The topological polar surface area (TPSA) is 96.4 Å². The van der Waals surface area contributed by atoms with Crippen LogP contribution in [0, 0.1) is 0 Å². The largest absolute Gasteiger partial charge is 0.477 e. The van der Waals surface area contributed by atoms with E-state index >= 15 is 0 Å². The number of carbonyl (C=O) groups is 1. The number of anilines is 1. The highest BCUT2D eigenvalue weighted by atomic mass is 32.2. The van der Waals surface area contributed by atoms with E-state index in [4.69, 9.17) is 5.11 Å². The molecule has 0 aromatic carbocycles. The standard InChI is InChI=1S/C11H14N2O4S/c14-11(15)9-4-1-5-10(13-9)12-7-8-3-2-6-18(8,16)17/h1,4-5,8H,2-3,6-7H2,(H,12,13)(H,14,15). The molecule has 7 heteroatoms. The zero-order chi connectivity index (χ0) is 13.2. The third-order valence-corrected chi connectivity index (χ3v) is 5.22. The van der Waals surface area contributed by atoms with E-state index in [1.54, 1.807) is 12.1 Å². The van der Waals surface area contributed by atoms with Crippen LogP contribution in [0.4, 0.5) is 5.82 Å². The molecule has 0 bridgehead atoms. The highest BCUT2D eigenvalue weighted by Crippen LogP contribution is 2.20. The molecule has 1 aliphatic heterocycles. The molecule has 0 radical (unpaired) electrons. The molecule has 18 heavy (non-hydrogen) atoms. The number of carboxylic acids is 1. The van der Waals surface area contributed by atoms with E-state index in [0.29, 0.717) is 18.7 Å². The van der Waals surface area contributed by atoms with Gasteiger partial charge in [-0.2, -0.15) is 0 Å². The van der Waals surface area contributed by atoms with Gasteiger partial charge in [-0.25, -0.2) is 18.2 Å². The number of carboxylic acid groups (broad SMARTS) is 1. The third-order valence-electron chi connectivity index (χ3n) is 2.94. The number of aromatic carboxylic acids is 1. The van der Waals surface area contributed by atoms with Gasteiger partial charge in [0, 0.05) is 6.54 Å². The first-order chi connectivity index (χ1) is 8.49. The van der Waals surface area contributed by atoms with Gasteiger partial charge in [-0.1, -0.05) is 6.07 Å².